The summed E-state index contributed by atoms with van der Waals surface area (Å²) in [6.07, 6.45) is 0.560. The summed E-state index contributed by atoms with van der Waals surface area (Å²) in [5.41, 5.74) is -2.11. The monoisotopic (exact) mass is 247 g/mol. The lowest BCUT2D eigenvalue weighted by atomic mass is 10.1. The summed E-state index contributed by atoms with van der Waals surface area (Å²) in [7, 11) is 0. The Kier molecular flexibility index (Phi) is 2.37. The Balaban J connectivity index is 2.05. The highest BCUT2D eigenvalue weighted by molar-refractivity contribution is 5.84. The number of amides is 1. The van der Waals surface area contributed by atoms with Crippen LogP contribution < -0.4 is 0 Å². The molecule has 0 aromatic rings. The maximum Gasteiger partial charge on any atom is 0.410 e. The van der Waals surface area contributed by atoms with E-state index >= 15 is 0 Å². The molecule has 1 N–H and O–H groups in total. The van der Waals surface area contributed by atoms with E-state index in [2.05, 4.69) is 11.3 Å². The Morgan fingerprint density at radius 3 is 2.71 bits per heavy atom. The fourth-order valence-electron chi connectivity index (χ4n) is 2.32. The highest BCUT2D eigenvalue weighted by Crippen LogP contribution is 2.69. The summed E-state index contributed by atoms with van der Waals surface area (Å²) in [4.78, 5) is 23.3. The fraction of sp³-hybridized carbons (Fsp3) is 0.600. The van der Waals surface area contributed by atoms with Crippen LogP contribution in [0.15, 0.2) is 12.7 Å². The molecule has 0 aromatic carbocycles. The van der Waals surface area contributed by atoms with Crippen molar-refractivity contribution >= 4 is 12.1 Å². The van der Waals surface area contributed by atoms with Crippen LogP contribution >= 0.6 is 0 Å². The third-order valence-corrected chi connectivity index (χ3v) is 3.35. The first-order valence-electron chi connectivity index (χ1n) is 5.01. The zero-order chi connectivity index (χ0) is 12.8. The molecule has 2 atom stereocenters. The zero-order valence-corrected chi connectivity index (χ0v) is 8.86. The van der Waals surface area contributed by atoms with Gasteiger partial charge in [0.2, 0.25) is 0 Å². The molecule has 0 radical (unpaired) electrons. The molecule has 0 aromatic heterocycles. The minimum Gasteiger partial charge on any atom is -0.481 e. The molecule has 0 bridgehead atoms. The summed E-state index contributed by atoms with van der Waals surface area (Å²) >= 11 is 0. The van der Waals surface area contributed by atoms with Crippen molar-refractivity contribution in [2.45, 2.75) is 5.92 Å². The van der Waals surface area contributed by atoms with Crippen molar-refractivity contribution < 1.29 is 28.2 Å². The van der Waals surface area contributed by atoms with Crippen molar-refractivity contribution in [3.63, 3.8) is 0 Å². The number of alkyl halides is 2. The van der Waals surface area contributed by atoms with Crippen molar-refractivity contribution in [3.05, 3.63) is 12.7 Å². The predicted octanol–water partition coefficient (Wildman–Crippen LogP) is 0.961. The second-order valence-corrected chi connectivity index (χ2v) is 4.20. The number of carboxylic acids is 1. The van der Waals surface area contributed by atoms with Crippen molar-refractivity contribution in [2.24, 2.45) is 11.3 Å². The second kappa shape index (κ2) is 3.41. The Labute approximate surface area is 95.6 Å². The van der Waals surface area contributed by atoms with Crippen LogP contribution in [0.1, 0.15) is 0 Å². The average molecular weight is 247 g/mol. The SMILES string of the molecule is C=CCOC(=O)N1CC2C(F)(F)C2(C(=O)O)C1. The van der Waals surface area contributed by atoms with Crippen molar-refractivity contribution in [2.75, 3.05) is 19.7 Å². The maximum absolute atomic E-state index is 13.3. The van der Waals surface area contributed by atoms with Gasteiger partial charge in [-0.15, -0.1) is 0 Å². The average Bonchev–Trinajstić information content (AvgIpc) is 2.66. The Morgan fingerprint density at radius 1 is 1.59 bits per heavy atom. The first kappa shape index (κ1) is 11.8. The molecule has 2 rings (SSSR count). The summed E-state index contributed by atoms with van der Waals surface area (Å²) in [6, 6.07) is 0. The van der Waals surface area contributed by atoms with Gasteiger partial charge in [-0.2, -0.15) is 0 Å². The van der Waals surface area contributed by atoms with E-state index in [0.29, 0.717) is 0 Å². The lowest BCUT2D eigenvalue weighted by Gasteiger charge is -2.20. The van der Waals surface area contributed by atoms with E-state index in [0.717, 1.165) is 4.90 Å². The Hall–Kier alpha value is -1.66. The molecule has 5 nitrogen and oxygen atoms in total. The summed E-state index contributed by atoms with van der Waals surface area (Å²) in [6.45, 7) is 2.52. The number of piperidine rings is 1. The van der Waals surface area contributed by atoms with Gasteiger partial charge in [0.15, 0.2) is 5.41 Å². The van der Waals surface area contributed by atoms with Gasteiger partial charge in [-0.1, -0.05) is 12.7 Å². The van der Waals surface area contributed by atoms with E-state index in [4.69, 9.17) is 5.11 Å². The van der Waals surface area contributed by atoms with Gasteiger partial charge >= 0.3 is 12.1 Å². The molecule has 1 amide bonds. The molecule has 2 fully saturated rings. The van der Waals surface area contributed by atoms with E-state index in [1.807, 2.05) is 0 Å². The van der Waals surface area contributed by atoms with E-state index in [1.165, 1.54) is 6.08 Å². The number of likely N-dealkylation sites (tertiary alicyclic amines) is 1. The smallest absolute Gasteiger partial charge is 0.410 e. The van der Waals surface area contributed by atoms with E-state index < -0.39 is 35.9 Å². The first-order chi connectivity index (χ1) is 7.88. The number of carboxylic acid groups (broad SMARTS) is 1. The third-order valence-electron chi connectivity index (χ3n) is 3.35. The number of carbonyl (C=O) groups excluding carboxylic acids is 1. The van der Waals surface area contributed by atoms with E-state index in [9.17, 15) is 18.4 Å². The number of carbonyl (C=O) groups is 2. The lowest BCUT2D eigenvalue weighted by molar-refractivity contribution is -0.147. The largest absolute Gasteiger partial charge is 0.481 e. The van der Waals surface area contributed by atoms with Crippen molar-refractivity contribution in [1.29, 1.82) is 0 Å². The topological polar surface area (TPSA) is 66.8 Å². The van der Waals surface area contributed by atoms with Crippen LogP contribution in [-0.4, -0.2) is 47.7 Å². The fourth-order valence-corrected chi connectivity index (χ4v) is 2.32. The van der Waals surface area contributed by atoms with E-state index in [-0.39, 0.29) is 13.2 Å². The first-order valence-corrected chi connectivity index (χ1v) is 5.01. The number of aliphatic carboxylic acids is 1. The van der Waals surface area contributed by atoms with Crippen LogP contribution in [0.4, 0.5) is 13.6 Å². The van der Waals surface area contributed by atoms with Gasteiger partial charge in [-0.25, -0.2) is 13.6 Å². The van der Waals surface area contributed by atoms with Gasteiger partial charge in [0, 0.05) is 13.1 Å². The van der Waals surface area contributed by atoms with Gasteiger partial charge in [-0.05, 0) is 0 Å². The van der Waals surface area contributed by atoms with Crippen LogP contribution in [0.2, 0.25) is 0 Å². The second-order valence-electron chi connectivity index (χ2n) is 4.20. The Morgan fingerprint density at radius 2 is 2.24 bits per heavy atom. The zero-order valence-electron chi connectivity index (χ0n) is 8.86. The molecule has 1 aliphatic carbocycles. The molecule has 94 valence electrons. The number of fused-ring (bicyclic) bond motifs is 1. The minimum atomic E-state index is -3.23. The number of hydrogen-bond donors (Lipinski definition) is 1. The standard InChI is InChI=1S/C10H11F2NO4/c1-2-3-17-8(16)13-4-6-9(5-13,7(14)15)10(6,11)12/h2,6H,1,3-5H2,(H,14,15). The van der Waals surface area contributed by atoms with Crippen molar-refractivity contribution in [1.82, 2.24) is 4.90 Å². The molecule has 2 unspecified atom stereocenters. The number of ether oxygens (including phenoxy) is 1. The third kappa shape index (κ3) is 1.34. The quantitative estimate of drug-likeness (QED) is 0.754. The molecular formula is C10H11F2NO4. The van der Waals surface area contributed by atoms with Gasteiger partial charge in [0.25, 0.3) is 5.92 Å². The number of halogens is 2. The maximum atomic E-state index is 13.3. The molecule has 2 aliphatic rings. The lowest BCUT2D eigenvalue weighted by Crippen LogP contribution is -2.39. The highest BCUT2D eigenvalue weighted by atomic mass is 19.3. The molecule has 17 heavy (non-hydrogen) atoms. The number of nitrogens with zero attached hydrogens (tertiary/aromatic N) is 1. The molecule has 1 heterocycles. The Bertz CT molecular complexity index is 398. The van der Waals surface area contributed by atoms with Gasteiger partial charge in [-0.3, -0.25) is 4.79 Å². The van der Waals surface area contributed by atoms with Crippen LogP contribution in [-0.2, 0) is 9.53 Å². The van der Waals surface area contributed by atoms with Crippen LogP contribution in [0.5, 0.6) is 0 Å². The van der Waals surface area contributed by atoms with E-state index in [1.54, 1.807) is 0 Å². The molecule has 7 heteroatoms. The van der Waals surface area contributed by atoms with Gasteiger partial charge in [0.1, 0.15) is 6.61 Å². The van der Waals surface area contributed by atoms with Crippen molar-refractivity contribution in [3.8, 4) is 0 Å². The number of hydrogen-bond acceptors (Lipinski definition) is 3. The summed E-state index contributed by atoms with van der Waals surface area (Å²) in [5.74, 6) is -6.09. The van der Waals surface area contributed by atoms with Crippen LogP contribution in [0.3, 0.4) is 0 Å². The summed E-state index contributed by atoms with van der Waals surface area (Å²) < 4.78 is 31.2. The molecule has 1 aliphatic heterocycles. The van der Waals surface area contributed by atoms with Crippen LogP contribution in [0, 0.1) is 11.3 Å². The number of rotatable bonds is 3. The normalized spacial score (nSPS) is 32.8. The predicted molar refractivity (Wildman–Crippen MR) is 51.6 cm³/mol. The van der Waals surface area contributed by atoms with Gasteiger partial charge < -0.3 is 14.7 Å². The van der Waals surface area contributed by atoms with Gasteiger partial charge in [0.05, 0.1) is 5.92 Å². The molecular weight excluding hydrogens is 236 g/mol. The minimum absolute atomic E-state index is 0.0313. The van der Waals surface area contributed by atoms with Crippen LogP contribution in [0.25, 0.3) is 0 Å². The molecule has 1 saturated carbocycles. The molecule has 1 saturated heterocycles. The highest BCUT2D eigenvalue weighted by Gasteiger charge is 2.88. The summed E-state index contributed by atoms with van der Waals surface area (Å²) in [5, 5.41) is 8.85. The molecule has 0 spiro atoms.